The highest BCUT2D eigenvalue weighted by Gasteiger charge is 2.09. The summed E-state index contributed by atoms with van der Waals surface area (Å²) in [6.07, 6.45) is 4.83. The molecule has 0 amide bonds. The van der Waals surface area contributed by atoms with E-state index in [1.165, 1.54) is 6.26 Å². The van der Waals surface area contributed by atoms with Crippen LogP contribution >= 0.6 is 0 Å². The van der Waals surface area contributed by atoms with Crippen LogP contribution in [0.15, 0.2) is 52.4 Å². The molecule has 0 aliphatic heterocycles. The molecular formula is C13H10N2O3S. The van der Waals surface area contributed by atoms with E-state index in [0.29, 0.717) is 22.6 Å². The first-order valence-corrected chi connectivity index (χ1v) is 7.10. The van der Waals surface area contributed by atoms with Gasteiger partial charge < -0.3 is 9.15 Å². The minimum absolute atomic E-state index is 0.219. The molecule has 0 aliphatic carbocycles. The lowest BCUT2D eigenvalue weighted by Crippen LogP contribution is -1.85. The summed E-state index contributed by atoms with van der Waals surface area (Å²) >= 11 is 0. The molecule has 0 spiro atoms. The molecule has 2 aromatic heterocycles. The molecule has 0 radical (unpaired) electrons. The first-order chi connectivity index (χ1) is 9.22. The first-order valence-electron chi connectivity index (χ1n) is 5.54. The molecule has 3 aromatic rings. The van der Waals surface area contributed by atoms with Gasteiger partial charge in [0, 0.05) is 24.7 Å². The number of pyridine rings is 1. The van der Waals surface area contributed by atoms with E-state index in [4.69, 9.17) is 9.15 Å². The molecule has 19 heavy (non-hydrogen) atoms. The molecule has 0 bridgehead atoms. The SMILES string of the molecule is CS(=O)c1nc2ccc(Oc3ccncc3)cc2o1. The minimum Gasteiger partial charge on any atom is -0.457 e. The zero-order valence-corrected chi connectivity index (χ0v) is 10.9. The topological polar surface area (TPSA) is 65.2 Å². The van der Waals surface area contributed by atoms with E-state index in [0.717, 1.165) is 0 Å². The Morgan fingerprint density at radius 3 is 2.68 bits per heavy atom. The second-order valence-corrected chi connectivity index (χ2v) is 5.11. The smallest absolute Gasteiger partial charge is 0.287 e. The van der Waals surface area contributed by atoms with Crippen LogP contribution in [0.2, 0.25) is 0 Å². The molecule has 96 valence electrons. The van der Waals surface area contributed by atoms with Crippen molar-refractivity contribution in [3.05, 3.63) is 42.7 Å². The number of ether oxygens (including phenoxy) is 1. The molecule has 0 N–H and O–H groups in total. The zero-order valence-electron chi connectivity index (χ0n) is 10.1. The third-order valence-corrected chi connectivity index (χ3v) is 3.14. The van der Waals surface area contributed by atoms with Crippen molar-refractivity contribution in [1.29, 1.82) is 0 Å². The fourth-order valence-corrected chi connectivity index (χ4v) is 2.05. The van der Waals surface area contributed by atoms with Crippen LogP contribution in [0.1, 0.15) is 0 Å². The lowest BCUT2D eigenvalue weighted by Gasteiger charge is -2.03. The number of benzene rings is 1. The number of rotatable bonds is 3. The average Bonchev–Trinajstić information content (AvgIpc) is 2.83. The molecule has 6 heteroatoms. The van der Waals surface area contributed by atoms with Gasteiger partial charge in [-0.15, -0.1) is 0 Å². The van der Waals surface area contributed by atoms with Crippen molar-refractivity contribution in [3.63, 3.8) is 0 Å². The van der Waals surface area contributed by atoms with E-state index in [1.807, 2.05) is 0 Å². The molecule has 1 atom stereocenters. The number of fused-ring (bicyclic) bond motifs is 1. The Hall–Kier alpha value is -2.21. The van der Waals surface area contributed by atoms with E-state index in [1.54, 1.807) is 42.7 Å². The molecule has 2 heterocycles. The summed E-state index contributed by atoms with van der Waals surface area (Å²) in [5, 5.41) is 0.219. The summed E-state index contributed by atoms with van der Waals surface area (Å²) in [6.45, 7) is 0. The number of nitrogens with zero attached hydrogens (tertiary/aromatic N) is 2. The summed E-state index contributed by atoms with van der Waals surface area (Å²) < 4.78 is 22.4. The normalized spacial score (nSPS) is 12.5. The van der Waals surface area contributed by atoms with Gasteiger partial charge in [-0.05, 0) is 24.3 Å². The lowest BCUT2D eigenvalue weighted by atomic mass is 10.3. The third-order valence-electron chi connectivity index (χ3n) is 2.47. The van der Waals surface area contributed by atoms with Crippen LogP contribution in [0, 0.1) is 0 Å². The predicted octanol–water partition coefficient (Wildman–Crippen LogP) is 2.75. The van der Waals surface area contributed by atoms with Crippen LogP contribution in [0.3, 0.4) is 0 Å². The Morgan fingerprint density at radius 2 is 1.95 bits per heavy atom. The monoisotopic (exact) mass is 274 g/mol. The largest absolute Gasteiger partial charge is 0.457 e. The second-order valence-electron chi connectivity index (χ2n) is 3.85. The van der Waals surface area contributed by atoms with E-state index in [9.17, 15) is 4.21 Å². The van der Waals surface area contributed by atoms with Gasteiger partial charge in [0.05, 0.1) is 0 Å². The fraction of sp³-hybridized carbons (Fsp3) is 0.0769. The standard InChI is InChI=1S/C13H10N2O3S/c1-19(16)13-15-11-3-2-10(8-12(11)18-13)17-9-4-6-14-7-5-9/h2-8H,1H3. The molecule has 0 fully saturated rings. The van der Waals surface area contributed by atoms with Gasteiger partial charge in [0.25, 0.3) is 5.22 Å². The van der Waals surface area contributed by atoms with Gasteiger partial charge in [-0.1, -0.05) is 0 Å². The van der Waals surface area contributed by atoms with Crippen molar-refractivity contribution < 1.29 is 13.4 Å². The second kappa shape index (κ2) is 4.81. The van der Waals surface area contributed by atoms with Crippen LogP contribution in [0.5, 0.6) is 11.5 Å². The molecule has 0 saturated carbocycles. The molecule has 0 aliphatic rings. The van der Waals surface area contributed by atoms with Crippen LogP contribution in [-0.2, 0) is 10.8 Å². The summed E-state index contributed by atoms with van der Waals surface area (Å²) in [7, 11) is -1.23. The van der Waals surface area contributed by atoms with Crippen molar-refractivity contribution in [2.75, 3.05) is 6.26 Å². The van der Waals surface area contributed by atoms with Gasteiger partial charge in [0.1, 0.15) is 27.8 Å². The van der Waals surface area contributed by atoms with Crippen LogP contribution < -0.4 is 4.74 Å². The summed E-state index contributed by atoms with van der Waals surface area (Å²) in [5.74, 6) is 1.32. The van der Waals surface area contributed by atoms with Gasteiger partial charge in [0.15, 0.2) is 5.58 Å². The first kappa shape index (κ1) is 11.9. The van der Waals surface area contributed by atoms with Crippen molar-refractivity contribution in [2.45, 2.75) is 5.22 Å². The molecule has 5 nitrogen and oxygen atoms in total. The Morgan fingerprint density at radius 1 is 1.16 bits per heavy atom. The molecule has 1 unspecified atom stereocenters. The van der Waals surface area contributed by atoms with E-state index >= 15 is 0 Å². The predicted molar refractivity (Wildman–Crippen MR) is 70.7 cm³/mol. The van der Waals surface area contributed by atoms with Gasteiger partial charge >= 0.3 is 0 Å². The minimum atomic E-state index is -1.23. The molecular weight excluding hydrogens is 264 g/mol. The number of hydrogen-bond acceptors (Lipinski definition) is 5. The lowest BCUT2D eigenvalue weighted by molar-refractivity contribution is 0.468. The number of oxazole rings is 1. The Kier molecular flexibility index (Phi) is 3.00. The van der Waals surface area contributed by atoms with E-state index in [-0.39, 0.29) is 5.22 Å². The average molecular weight is 274 g/mol. The van der Waals surface area contributed by atoms with Crippen LogP contribution in [0.25, 0.3) is 11.1 Å². The van der Waals surface area contributed by atoms with E-state index in [2.05, 4.69) is 9.97 Å². The summed E-state index contributed by atoms with van der Waals surface area (Å²) in [5.41, 5.74) is 1.21. The maximum absolute atomic E-state index is 11.3. The van der Waals surface area contributed by atoms with Gasteiger partial charge in [-0.2, -0.15) is 0 Å². The Balaban J connectivity index is 1.95. The van der Waals surface area contributed by atoms with Crippen LogP contribution in [-0.4, -0.2) is 20.4 Å². The van der Waals surface area contributed by atoms with Crippen molar-refractivity contribution >= 4 is 21.9 Å². The zero-order chi connectivity index (χ0) is 13.2. The Bertz CT molecular complexity index is 740. The fourth-order valence-electron chi connectivity index (χ4n) is 1.61. The molecule has 1 aromatic carbocycles. The highest BCUT2D eigenvalue weighted by molar-refractivity contribution is 7.84. The van der Waals surface area contributed by atoms with Crippen LogP contribution in [0.4, 0.5) is 0 Å². The number of hydrogen-bond donors (Lipinski definition) is 0. The quantitative estimate of drug-likeness (QED) is 0.734. The summed E-state index contributed by atoms with van der Waals surface area (Å²) in [6, 6.07) is 8.80. The Labute approximate surface area is 111 Å². The summed E-state index contributed by atoms with van der Waals surface area (Å²) in [4.78, 5) is 8.05. The maximum atomic E-state index is 11.3. The highest BCUT2D eigenvalue weighted by Crippen LogP contribution is 2.26. The highest BCUT2D eigenvalue weighted by atomic mass is 32.2. The van der Waals surface area contributed by atoms with E-state index < -0.39 is 10.8 Å². The maximum Gasteiger partial charge on any atom is 0.287 e. The number of aromatic nitrogens is 2. The molecule has 3 rings (SSSR count). The molecule has 0 saturated heterocycles. The van der Waals surface area contributed by atoms with Gasteiger partial charge in [0.2, 0.25) is 0 Å². The van der Waals surface area contributed by atoms with Crippen molar-refractivity contribution in [2.24, 2.45) is 0 Å². The third kappa shape index (κ3) is 2.48. The van der Waals surface area contributed by atoms with Gasteiger partial charge in [-0.3, -0.25) is 4.98 Å². The van der Waals surface area contributed by atoms with Crippen molar-refractivity contribution in [1.82, 2.24) is 9.97 Å². The van der Waals surface area contributed by atoms with Gasteiger partial charge in [-0.25, -0.2) is 9.19 Å². The van der Waals surface area contributed by atoms with Crippen molar-refractivity contribution in [3.8, 4) is 11.5 Å².